The van der Waals surface area contributed by atoms with Gasteiger partial charge in [-0.3, -0.25) is 9.59 Å². The van der Waals surface area contributed by atoms with Crippen LogP contribution in [0, 0.1) is 5.82 Å². The number of halogens is 1. The van der Waals surface area contributed by atoms with Crippen molar-refractivity contribution in [1.29, 1.82) is 0 Å². The average molecular weight is 611 g/mol. The predicted molar refractivity (Wildman–Crippen MR) is 153 cm³/mol. The van der Waals surface area contributed by atoms with Gasteiger partial charge in [-0.2, -0.15) is 0 Å². The smallest absolute Gasteiger partial charge is 0.407 e. The molecule has 13 heteroatoms. The molecule has 0 aromatic heterocycles. The summed E-state index contributed by atoms with van der Waals surface area (Å²) >= 11 is 0. The lowest BCUT2D eigenvalue weighted by Crippen LogP contribution is -2.51. The summed E-state index contributed by atoms with van der Waals surface area (Å²) < 4.78 is 35.1. The van der Waals surface area contributed by atoms with Gasteiger partial charge in [0.2, 0.25) is 0 Å². The largest absolute Gasteiger partial charge is 0.507 e. The average Bonchev–Trinajstić information content (AvgIpc) is 3.22. The number of rotatable bonds is 10. The molecule has 0 spiro atoms. The molecule has 3 aromatic carbocycles. The standard InChI is InChI=1S/C31H31FN2O10/c1-41-17-43-26-12-10-21(42-2)15-23(26)28(36)18-5-7-19(8-6-18)30(38)44-27-4-3-13-34(31(39)40)16-24(27)33-29(37)22-14-20(32)9-11-25(22)35/h5-12,14-15,24,27,35H,3-4,13,16-17H2,1-2H3,(H,33,37)(H,39,40)/t24-,27-/m1/s1. The molecule has 3 aromatic rings. The number of hydrogen-bond acceptors (Lipinski definition) is 9. The molecule has 44 heavy (non-hydrogen) atoms. The van der Waals surface area contributed by atoms with Gasteiger partial charge in [0.25, 0.3) is 5.91 Å². The number of ether oxygens (including phenoxy) is 4. The van der Waals surface area contributed by atoms with Gasteiger partial charge in [-0.05, 0) is 61.4 Å². The zero-order valence-electron chi connectivity index (χ0n) is 23.9. The molecule has 1 aliphatic rings. The number of esters is 1. The lowest BCUT2D eigenvalue weighted by molar-refractivity contribution is 0.0178. The summed E-state index contributed by atoms with van der Waals surface area (Å²) in [5.41, 5.74) is 0.230. The maximum absolute atomic E-state index is 13.7. The number of phenolic OH excluding ortho intramolecular Hbond substituents is 1. The first-order chi connectivity index (χ1) is 21.1. The van der Waals surface area contributed by atoms with Crippen molar-refractivity contribution in [3.63, 3.8) is 0 Å². The van der Waals surface area contributed by atoms with Crippen LogP contribution in [0.5, 0.6) is 17.2 Å². The molecule has 0 aliphatic carbocycles. The van der Waals surface area contributed by atoms with E-state index in [0.29, 0.717) is 12.2 Å². The number of benzene rings is 3. The Morgan fingerprint density at radius 1 is 0.977 bits per heavy atom. The molecule has 0 radical (unpaired) electrons. The molecular formula is C31H31FN2O10. The first-order valence-corrected chi connectivity index (χ1v) is 13.5. The van der Waals surface area contributed by atoms with Gasteiger partial charge in [0.1, 0.15) is 29.2 Å². The number of amides is 2. The highest BCUT2D eigenvalue weighted by Crippen LogP contribution is 2.27. The van der Waals surface area contributed by atoms with Crippen molar-refractivity contribution in [2.24, 2.45) is 0 Å². The monoisotopic (exact) mass is 610 g/mol. The van der Waals surface area contributed by atoms with Crippen LogP contribution in [0.25, 0.3) is 0 Å². The van der Waals surface area contributed by atoms with E-state index in [1.807, 2.05) is 0 Å². The minimum absolute atomic E-state index is 0.0758. The van der Waals surface area contributed by atoms with Gasteiger partial charge in [0.05, 0.1) is 29.8 Å². The van der Waals surface area contributed by atoms with E-state index in [1.165, 1.54) is 44.6 Å². The summed E-state index contributed by atoms with van der Waals surface area (Å²) in [7, 11) is 2.92. The lowest BCUT2D eigenvalue weighted by atomic mass is 10.0. The highest BCUT2D eigenvalue weighted by molar-refractivity contribution is 6.11. The fourth-order valence-corrected chi connectivity index (χ4v) is 4.70. The Labute approximate surface area is 251 Å². The molecule has 2 amide bonds. The molecule has 2 atom stereocenters. The number of carboxylic acid groups (broad SMARTS) is 1. The van der Waals surface area contributed by atoms with Crippen molar-refractivity contribution < 1.29 is 52.7 Å². The van der Waals surface area contributed by atoms with Crippen LogP contribution in [0.4, 0.5) is 9.18 Å². The number of nitrogens with one attached hydrogen (secondary N) is 1. The third-order valence-electron chi connectivity index (χ3n) is 6.98. The van der Waals surface area contributed by atoms with Crippen LogP contribution < -0.4 is 14.8 Å². The third-order valence-corrected chi connectivity index (χ3v) is 6.98. The topological polar surface area (TPSA) is 161 Å². The van der Waals surface area contributed by atoms with Gasteiger partial charge in [0.15, 0.2) is 12.6 Å². The van der Waals surface area contributed by atoms with Gasteiger partial charge >= 0.3 is 12.1 Å². The van der Waals surface area contributed by atoms with E-state index in [1.54, 1.807) is 12.1 Å². The van der Waals surface area contributed by atoms with Crippen LogP contribution in [0.3, 0.4) is 0 Å². The minimum atomic E-state index is -1.23. The third kappa shape index (κ3) is 7.61. The normalized spacial score (nSPS) is 16.4. The second kappa shape index (κ2) is 14.3. The summed E-state index contributed by atoms with van der Waals surface area (Å²) in [6.45, 7) is -0.150. The Kier molecular flexibility index (Phi) is 10.3. The van der Waals surface area contributed by atoms with Crippen molar-refractivity contribution >= 4 is 23.8 Å². The lowest BCUT2D eigenvalue weighted by Gasteiger charge is -2.28. The molecule has 232 valence electrons. The predicted octanol–water partition coefficient (Wildman–Crippen LogP) is 3.85. The summed E-state index contributed by atoms with van der Waals surface area (Å²) in [6.07, 6.45) is -1.63. The molecular weight excluding hydrogens is 579 g/mol. The molecule has 0 unspecified atom stereocenters. The van der Waals surface area contributed by atoms with E-state index in [2.05, 4.69) is 5.32 Å². The molecule has 0 saturated carbocycles. The van der Waals surface area contributed by atoms with Crippen LogP contribution in [-0.2, 0) is 9.47 Å². The zero-order chi connectivity index (χ0) is 31.8. The first kappa shape index (κ1) is 31.8. The second-order valence-corrected chi connectivity index (χ2v) is 9.88. The SMILES string of the molecule is COCOc1ccc(OC)cc1C(=O)c1ccc(C(=O)O[C@@H]2CCCN(C(=O)O)C[C@H]2NC(=O)c2cc(F)ccc2O)cc1. The summed E-state index contributed by atoms with van der Waals surface area (Å²) in [5.74, 6) is -2.53. The van der Waals surface area contributed by atoms with E-state index in [9.17, 15) is 33.8 Å². The number of nitrogens with zero attached hydrogens (tertiary/aromatic N) is 1. The fourth-order valence-electron chi connectivity index (χ4n) is 4.70. The molecule has 4 rings (SSSR count). The van der Waals surface area contributed by atoms with Crippen LogP contribution >= 0.6 is 0 Å². The highest BCUT2D eigenvalue weighted by atomic mass is 19.1. The van der Waals surface area contributed by atoms with E-state index in [-0.39, 0.29) is 54.3 Å². The second-order valence-electron chi connectivity index (χ2n) is 9.88. The number of methoxy groups -OCH3 is 2. The van der Waals surface area contributed by atoms with Crippen LogP contribution in [-0.4, -0.2) is 85.1 Å². The number of ketones is 1. The Hall–Kier alpha value is -5.17. The molecule has 1 aliphatic heterocycles. The number of carbonyl (C=O) groups is 4. The number of carbonyl (C=O) groups excluding carboxylic acids is 3. The molecule has 12 nitrogen and oxygen atoms in total. The zero-order valence-corrected chi connectivity index (χ0v) is 23.9. The number of aromatic hydroxyl groups is 1. The van der Waals surface area contributed by atoms with Crippen molar-refractivity contribution in [3.05, 3.63) is 88.7 Å². The summed E-state index contributed by atoms with van der Waals surface area (Å²) in [5, 5.41) is 22.2. The Morgan fingerprint density at radius 3 is 2.39 bits per heavy atom. The van der Waals surface area contributed by atoms with Gasteiger partial charge in [-0.1, -0.05) is 12.1 Å². The van der Waals surface area contributed by atoms with E-state index in [0.717, 1.165) is 23.1 Å². The molecule has 1 heterocycles. The Balaban J connectivity index is 1.52. The van der Waals surface area contributed by atoms with Crippen molar-refractivity contribution in [1.82, 2.24) is 10.2 Å². The first-order valence-electron chi connectivity index (χ1n) is 13.5. The Bertz CT molecular complexity index is 1530. The highest BCUT2D eigenvalue weighted by Gasteiger charge is 2.34. The van der Waals surface area contributed by atoms with Crippen LogP contribution in [0.15, 0.2) is 60.7 Å². The van der Waals surface area contributed by atoms with Crippen LogP contribution in [0.1, 0.15) is 49.5 Å². The van der Waals surface area contributed by atoms with Crippen molar-refractivity contribution in [2.75, 3.05) is 34.1 Å². The Morgan fingerprint density at radius 2 is 1.70 bits per heavy atom. The summed E-state index contributed by atoms with van der Waals surface area (Å²) in [4.78, 5) is 52.2. The van der Waals surface area contributed by atoms with Gasteiger partial charge < -0.3 is 39.4 Å². The maximum Gasteiger partial charge on any atom is 0.407 e. The molecule has 0 bridgehead atoms. The quantitative estimate of drug-likeness (QED) is 0.175. The van der Waals surface area contributed by atoms with Gasteiger partial charge in [-0.25, -0.2) is 14.0 Å². The van der Waals surface area contributed by atoms with E-state index >= 15 is 0 Å². The van der Waals surface area contributed by atoms with Crippen molar-refractivity contribution in [2.45, 2.75) is 25.0 Å². The number of hydrogen-bond donors (Lipinski definition) is 3. The molecule has 1 saturated heterocycles. The van der Waals surface area contributed by atoms with Gasteiger partial charge in [0, 0.05) is 25.8 Å². The fraction of sp³-hybridized carbons (Fsp3) is 0.290. The summed E-state index contributed by atoms with van der Waals surface area (Å²) in [6, 6.07) is 12.3. The van der Waals surface area contributed by atoms with Crippen LogP contribution in [0.2, 0.25) is 0 Å². The van der Waals surface area contributed by atoms with Gasteiger partial charge in [-0.15, -0.1) is 0 Å². The van der Waals surface area contributed by atoms with Crippen molar-refractivity contribution in [3.8, 4) is 17.2 Å². The molecule has 3 N–H and O–H groups in total. The van der Waals surface area contributed by atoms with E-state index in [4.69, 9.17) is 18.9 Å². The number of phenols is 1. The maximum atomic E-state index is 13.7. The number of likely N-dealkylation sites (tertiary alicyclic amines) is 1. The van der Waals surface area contributed by atoms with E-state index < -0.39 is 47.5 Å². The minimum Gasteiger partial charge on any atom is -0.507 e. The molecule has 1 fully saturated rings.